The molecule has 14 heavy (non-hydrogen) atoms. The Bertz CT molecular complexity index is 309. The molecule has 76 valence electrons. The van der Waals surface area contributed by atoms with Gasteiger partial charge in [-0.1, -0.05) is 6.07 Å². The molecule has 0 saturated heterocycles. The van der Waals surface area contributed by atoms with Crippen molar-refractivity contribution in [3.63, 3.8) is 0 Å². The summed E-state index contributed by atoms with van der Waals surface area (Å²) in [5, 5.41) is 0. The summed E-state index contributed by atoms with van der Waals surface area (Å²) in [4.78, 5) is 0. The van der Waals surface area contributed by atoms with Crippen LogP contribution in [0.4, 0.5) is 0 Å². The Hall–Kier alpha value is -1.02. The first-order valence-electron chi connectivity index (χ1n) is 5.14. The molecular weight excluding hydrogens is 174 g/mol. The molecule has 1 aromatic carbocycles. The van der Waals surface area contributed by atoms with Crippen LogP contribution >= 0.6 is 0 Å². The molecule has 0 unspecified atom stereocenters. The molecule has 0 heterocycles. The van der Waals surface area contributed by atoms with Crippen molar-refractivity contribution < 1.29 is 4.74 Å². The number of aryl methyl sites for hydroxylation is 2. The highest BCUT2D eigenvalue weighted by Gasteiger charge is 2.27. The van der Waals surface area contributed by atoms with Crippen LogP contribution in [0.1, 0.15) is 24.0 Å². The number of hydrogen-bond acceptors (Lipinski definition) is 2. The minimum Gasteiger partial charge on any atom is -0.490 e. The molecule has 2 rings (SSSR count). The summed E-state index contributed by atoms with van der Waals surface area (Å²) in [5.41, 5.74) is 8.21. The van der Waals surface area contributed by atoms with E-state index < -0.39 is 0 Å². The fourth-order valence-corrected chi connectivity index (χ4v) is 1.90. The standard InChI is InChI=1S/C12H17NO/c1-8-3-9(2)5-11(4-8)14-12-6-10(13)7-12/h3-5,10,12H,6-7,13H2,1-2H3/t10-,12-. The van der Waals surface area contributed by atoms with Crippen LogP contribution in [0.25, 0.3) is 0 Å². The van der Waals surface area contributed by atoms with Gasteiger partial charge in [0.2, 0.25) is 0 Å². The molecule has 0 amide bonds. The van der Waals surface area contributed by atoms with E-state index in [1.807, 2.05) is 0 Å². The molecule has 0 bridgehead atoms. The van der Waals surface area contributed by atoms with Gasteiger partial charge in [0, 0.05) is 6.04 Å². The molecule has 1 saturated carbocycles. The van der Waals surface area contributed by atoms with Crippen molar-refractivity contribution >= 4 is 0 Å². The van der Waals surface area contributed by atoms with Gasteiger partial charge in [0.1, 0.15) is 11.9 Å². The van der Waals surface area contributed by atoms with E-state index in [-0.39, 0.29) is 0 Å². The highest BCUT2D eigenvalue weighted by molar-refractivity contribution is 5.33. The predicted octanol–water partition coefficient (Wildman–Crippen LogP) is 2.17. The van der Waals surface area contributed by atoms with Crippen molar-refractivity contribution in [2.45, 2.75) is 38.8 Å². The third-order valence-electron chi connectivity index (χ3n) is 2.63. The van der Waals surface area contributed by atoms with Gasteiger partial charge in [0.25, 0.3) is 0 Å². The Morgan fingerprint density at radius 3 is 2.21 bits per heavy atom. The largest absolute Gasteiger partial charge is 0.490 e. The predicted molar refractivity (Wildman–Crippen MR) is 57.5 cm³/mol. The zero-order chi connectivity index (χ0) is 10.1. The fraction of sp³-hybridized carbons (Fsp3) is 0.500. The monoisotopic (exact) mass is 191 g/mol. The number of rotatable bonds is 2. The van der Waals surface area contributed by atoms with E-state index in [0.29, 0.717) is 12.1 Å². The average Bonchev–Trinajstić information content (AvgIpc) is 1.99. The molecule has 1 aliphatic rings. The van der Waals surface area contributed by atoms with Gasteiger partial charge in [-0.3, -0.25) is 0 Å². The van der Waals surface area contributed by atoms with Crippen LogP contribution < -0.4 is 10.5 Å². The molecule has 1 aliphatic carbocycles. The molecule has 0 spiro atoms. The molecule has 1 fully saturated rings. The first-order valence-corrected chi connectivity index (χ1v) is 5.14. The summed E-state index contributed by atoms with van der Waals surface area (Å²) in [6.07, 6.45) is 2.33. The van der Waals surface area contributed by atoms with Gasteiger partial charge >= 0.3 is 0 Å². The molecule has 0 aliphatic heterocycles. The molecule has 0 radical (unpaired) electrons. The third-order valence-corrected chi connectivity index (χ3v) is 2.63. The van der Waals surface area contributed by atoms with Crippen LogP contribution in [0.2, 0.25) is 0 Å². The maximum Gasteiger partial charge on any atom is 0.120 e. The van der Waals surface area contributed by atoms with Crippen molar-refractivity contribution in [3.05, 3.63) is 29.3 Å². The second-order valence-corrected chi connectivity index (χ2v) is 4.29. The normalized spacial score (nSPS) is 25.6. The lowest BCUT2D eigenvalue weighted by molar-refractivity contribution is 0.101. The van der Waals surface area contributed by atoms with Gasteiger partial charge < -0.3 is 10.5 Å². The van der Waals surface area contributed by atoms with Gasteiger partial charge in [0.05, 0.1) is 0 Å². The van der Waals surface area contributed by atoms with Crippen molar-refractivity contribution in [3.8, 4) is 5.75 Å². The Morgan fingerprint density at radius 2 is 1.71 bits per heavy atom. The van der Waals surface area contributed by atoms with Crippen molar-refractivity contribution in [2.75, 3.05) is 0 Å². The molecule has 2 nitrogen and oxygen atoms in total. The Balaban J connectivity index is 2.02. The Labute approximate surface area is 85.1 Å². The second-order valence-electron chi connectivity index (χ2n) is 4.29. The van der Waals surface area contributed by atoms with E-state index >= 15 is 0 Å². The minimum atomic E-state index is 0.339. The number of ether oxygens (including phenoxy) is 1. The van der Waals surface area contributed by atoms with Gasteiger partial charge in [0.15, 0.2) is 0 Å². The highest BCUT2D eigenvalue weighted by atomic mass is 16.5. The van der Waals surface area contributed by atoms with Crippen molar-refractivity contribution in [1.82, 2.24) is 0 Å². The van der Waals surface area contributed by atoms with E-state index in [4.69, 9.17) is 10.5 Å². The molecule has 0 atom stereocenters. The lowest BCUT2D eigenvalue weighted by atomic mass is 9.90. The smallest absolute Gasteiger partial charge is 0.120 e. The number of benzene rings is 1. The fourth-order valence-electron chi connectivity index (χ4n) is 1.90. The van der Waals surface area contributed by atoms with E-state index in [1.165, 1.54) is 11.1 Å². The molecule has 2 heteroatoms. The minimum absolute atomic E-state index is 0.339. The van der Waals surface area contributed by atoms with Gasteiger partial charge in [-0.25, -0.2) is 0 Å². The summed E-state index contributed by atoms with van der Waals surface area (Å²) in [6, 6.07) is 6.67. The summed E-state index contributed by atoms with van der Waals surface area (Å²) in [7, 11) is 0. The topological polar surface area (TPSA) is 35.2 Å². The third kappa shape index (κ3) is 2.07. The summed E-state index contributed by atoms with van der Waals surface area (Å²) >= 11 is 0. The average molecular weight is 191 g/mol. The van der Waals surface area contributed by atoms with E-state index in [0.717, 1.165) is 18.6 Å². The second kappa shape index (κ2) is 3.62. The quantitative estimate of drug-likeness (QED) is 0.777. The van der Waals surface area contributed by atoms with Crippen LogP contribution in [0, 0.1) is 13.8 Å². The van der Waals surface area contributed by atoms with Crippen LogP contribution in [0.5, 0.6) is 5.75 Å². The lowest BCUT2D eigenvalue weighted by Crippen LogP contribution is -2.43. The molecular formula is C12H17NO. The first-order chi connectivity index (χ1) is 6.63. The summed E-state index contributed by atoms with van der Waals surface area (Å²) in [5.74, 6) is 0.986. The maximum absolute atomic E-state index is 5.80. The van der Waals surface area contributed by atoms with Gasteiger partial charge in [-0.2, -0.15) is 0 Å². The van der Waals surface area contributed by atoms with Crippen LogP contribution in [0.3, 0.4) is 0 Å². The molecule has 2 N–H and O–H groups in total. The Kier molecular flexibility index (Phi) is 2.46. The van der Waals surface area contributed by atoms with Crippen LogP contribution in [0.15, 0.2) is 18.2 Å². The van der Waals surface area contributed by atoms with E-state index in [2.05, 4.69) is 32.0 Å². The zero-order valence-electron chi connectivity index (χ0n) is 8.79. The van der Waals surface area contributed by atoms with Crippen molar-refractivity contribution in [1.29, 1.82) is 0 Å². The van der Waals surface area contributed by atoms with E-state index in [9.17, 15) is 0 Å². The SMILES string of the molecule is Cc1cc(C)cc(O[C@H]2C[C@H](N)C2)c1. The van der Waals surface area contributed by atoms with Crippen molar-refractivity contribution in [2.24, 2.45) is 5.73 Å². The highest BCUT2D eigenvalue weighted by Crippen LogP contribution is 2.25. The summed E-state index contributed by atoms with van der Waals surface area (Å²) in [6.45, 7) is 4.18. The first kappa shape index (κ1) is 9.53. The summed E-state index contributed by atoms with van der Waals surface area (Å²) < 4.78 is 5.80. The van der Waals surface area contributed by atoms with E-state index in [1.54, 1.807) is 0 Å². The number of hydrogen-bond donors (Lipinski definition) is 1. The Morgan fingerprint density at radius 1 is 1.14 bits per heavy atom. The van der Waals surface area contributed by atoms with Crippen LogP contribution in [-0.4, -0.2) is 12.1 Å². The zero-order valence-corrected chi connectivity index (χ0v) is 8.79. The lowest BCUT2D eigenvalue weighted by Gasteiger charge is -2.32. The van der Waals surface area contributed by atoms with Crippen LogP contribution in [-0.2, 0) is 0 Å². The molecule has 1 aromatic rings. The maximum atomic E-state index is 5.80. The van der Waals surface area contributed by atoms with Gasteiger partial charge in [-0.05, 0) is 49.9 Å². The van der Waals surface area contributed by atoms with Gasteiger partial charge in [-0.15, -0.1) is 0 Å². The number of nitrogens with two attached hydrogens (primary N) is 1. The molecule has 0 aromatic heterocycles.